The summed E-state index contributed by atoms with van der Waals surface area (Å²) < 4.78 is 0. The van der Waals surface area contributed by atoms with Gasteiger partial charge in [0.2, 0.25) is 0 Å². The standard InChI is InChI=1S/C11H17N5S/c1-16-4-2-3-8(16)5-14-10-7-13-9(6-15-10)11(12)17/h6-8H,2-5H2,1H3,(H2,12,17)(H,14,15). The molecule has 1 fully saturated rings. The van der Waals surface area contributed by atoms with Crippen molar-refractivity contribution in [2.24, 2.45) is 5.73 Å². The average Bonchev–Trinajstić information content (AvgIpc) is 2.73. The van der Waals surface area contributed by atoms with Crippen molar-refractivity contribution in [3.8, 4) is 0 Å². The van der Waals surface area contributed by atoms with E-state index in [0.717, 1.165) is 12.4 Å². The second kappa shape index (κ2) is 5.37. The van der Waals surface area contributed by atoms with E-state index in [-0.39, 0.29) is 4.99 Å². The quantitative estimate of drug-likeness (QED) is 0.765. The van der Waals surface area contributed by atoms with E-state index in [4.69, 9.17) is 18.0 Å². The van der Waals surface area contributed by atoms with Crippen molar-refractivity contribution in [3.05, 3.63) is 18.1 Å². The van der Waals surface area contributed by atoms with Crippen molar-refractivity contribution in [2.45, 2.75) is 18.9 Å². The van der Waals surface area contributed by atoms with Gasteiger partial charge in [-0.1, -0.05) is 12.2 Å². The number of likely N-dealkylation sites (N-methyl/N-ethyl adjacent to an activating group) is 1. The van der Waals surface area contributed by atoms with Gasteiger partial charge >= 0.3 is 0 Å². The maximum atomic E-state index is 5.46. The number of aromatic nitrogens is 2. The van der Waals surface area contributed by atoms with Crippen LogP contribution in [0.2, 0.25) is 0 Å². The summed E-state index contributed by atoms with van der Waals surface area (Å²) in [6.45, 7) is 2.08. The van der Waals surface area contributed by atoms with E-state index in [1.807, 2.05) is 0 Å². The number of likely N-dealkylation sites (tertiary alicyclic amines) is 1. The summed E-state index contributed by atoms with van der Waals surface area (Å²) in [6.07, 6.45) is 5.78. The number of thiocarbonyl (C=S) groups is 1. The van der Waals surface area contributed by atoms with Crippen LogP contribution in [-0.4, -0.2) is 46.0 Å². The van der Waals surface area contributed by atoms with Gasteiger partial charge < -0.3 is 16.0 Å². The van der Waals surface area contributed by atoms with Crippen molar-refractivity contribution in [1.29, 1.82) is 0 Å². The zero-order valence-corrected chi connectivity index (χ0v) is 10.7. The number of hydrogen-bond acceptors (Lipinski definition) is 5. The van der Waals surface area contributed by atoms with Gasteiger partial charge in [-0.25, -0.2) is 9.97 Å². The molecule has 1 unspecified atom stereocenters. The minimum absolute atomic E-state index is 0.277. The molecule has 2 rings (SSSR count). The van der Waals surface area contributed by atoms with Crippen molar-refractivity contribution in [1.82, 2.24) is 14.9 Å². The third kappa shape index (κ3) is 3.10. The van der Waals surface area contributed by atoms with Gasteiger partial charge in [-0.3, -0.25) is 0 Å². The van der Waals surface area contributed by atoms with Crippen LogP contribution >= 0.6 is 12.2 Å². The van der Waals surface area contributed by atoms with E-state index in [0.29, 0.717) is 11.7 Å². The molecule has 0 radical (unpaired) electrons. The predicted octanol–water partition coefficient (Wildman–Crippen LogP) is 0.617. The first-order valence-corrected chi connectivity index (χ1v) is 6.13. The Hall–Kier alpha value is -1.27. The van der Waals surface area contributed by atoms with E-state index < -0.39 is 0 Å². The molecule has 0 saturated carbocycles. The van der Waals surface area contributed by atoms with Gasteiger partial charge in [-0.15, -0.1) is 0 Å². The highest BCUT2D eigenvalue weighted by Gasteiger charge is 2.20. The Morgan fingerprint density at radius 2 is 2.41 bits per heavy atom. The normalized spacial score (nSPS) is 20.4. The molecule has 0 bridgehead atoms. The maximum absolute atomic E-state index is 5.46. The second-order valence-corrected chi connectivity index (χ2v) is 4.75. The Balaban J connectivity index is 1.88. The van der Waals surface area contributed by atoms with Crippen molar-refractivity contribution in [3.63, 3.8) is 0 Å². The number of rotatable bonds is 4. The molecule has 2 heterocycles. The third-order valence-corrected chi connectivity index (χ3v) is 3.30. The largest absolute Gasteiger partial charge is 0.388 e. The van der Waals surface area contributed by atoms with Gasteiger partial charge in [0.15, 0.2) is 0 Å². The van der Waals surface area contributed by atoms with Crippen LogP contribution in [0.4, 0.5) is 5.82 Å². The van der Waals surface area contributed by atoms with Crippen LogP contribution in [0.1, 0.15) is 18.5 Å². The fraction of sp³-hybridized carbons (Fsp3) is 0.545. The lowest BCUT2D eigenvalue weighted by Crippen LogP contribution is -2.31. The maximum Gasteiger partial charge on any atom is 0.144 e. The van der Waals surface area contributed by atoms with Crippen LogP contribution in [-0.2, 0) is 0 Å². The molecule has 1 aromatic heterocycles. The van der Waals surface area contributed by atoms with Crippen LogP contribution in [0.5, 0.6) is 0 Å². The van der Waals surface area contributed by atoms with Crippen molar-refractivity contribution in [2.75, 3.05) is 25.5 Å². The van der Waals surface area contributed by atoms with E-state index >= 15 is 0 Å². The number of nitrogens with one attached hydrogen (secondary N) is 1. The van der Waals surface area contributed by atoms with Gasteiger partial charge in [-0.05, 0) is 26.4 Å². The minimum Gasteiger partial charge on any atom is -0.388 e. The Kier molecular flexibility index (Phi) is 3.86. The summed E-state index contributed by atoms with van der Waals surface area (Å²) >= 11 is 4.82. The van der Waals surface area contributed by atoms with E-state index in [9.17, 15) is 0 Å². The number of anilines is 1. The first-order chi connectivity index (χ1) is 8.16. The van der Waals surface area contributed by atoms with Crippen molar-refractivity contribution >= 4 is 23.0 Å². The zero-order chi connectivity index (χ0) is 12.3. The topological polar surface area (TPSA) is 67.1 Å². The van der Waals surface area contributed by atoms with Crippen LogP contribution in [0.15, 0.2) is 12.4 Å². The number of hydrogen-bond donors (Lipinski definition) is 2. The minimum atomic E-state index is 0.277. The second-order valence-electron chi connectivity index (χ2n) is 4.31. The molecule has 1 aliphatic heterocycles. The summed E-state index contributed by atoms with van der Waals surface area (Å²) in [5.74, 6) is 0.769. The Morgan fingerprint density at radius 1 is 1.59 bits per heavy atom. The number of nitrogens with two attached hydrogens (primary N) is 1. The SMILES string of the molecule is CN1CCCC1CNc1cnc(C(N)=S)cn1. The van der Waals surface area contributed by atoms with Gasteiger partial charge in [-0.2, -0.15) is 0 Å². The average molecular weight is 251 g/mol. The molecule has 92 valence electrons. The lowest BCUT2D eigenvalue weighted by molar-refractivity contribution is 0.322. The van der Waals surface area contributed by atoms with Gasteiger partial charge in [0, 0.05) is 12.6 Å². The zero-order valence-electron chi connectivity index (χ0n) is 9.89. The van der Waals surface area contributed by atoms with Crippen molar-refractivity contribution < 1.29 is 0 Å². The lowest BCUT2D eigenvalue weighted by Gasteiger charge is -2.19. The molecule has 5 nitrogen and oxygen atoms in total. The fourth-order valence-corrected chi connectivity index (χ4v) is 2.11. The Morgan fingerprint density at radius 3 is 2.94 bits per heavy atom. The summed E-state index contributed by atoms with van der Waals surface area (Å²) in [4.78, 5) is 11.0. The summed E-state index contributed by atoms with van der Waals surface area (Å²) in [5, 5.41) is 3.28. The summed E-state index contributed by atoms with van der Waals surface area (Å²) in [7, 11) is 2.15. The van der Waals surface area contributed by atoms with Crippen LogP contribution in [0, 0.1) is 0 Å². The molecule has 1 aromatic rings. The third-order valence-electron chi connectivity index (χ3n) is 3.09. The lowest BCUT2D eigenvalue weighted by atomic mass is 10.2. The van der Waals surface area contributed by atoms with Gasteiger partial charge in [0.1, 0.15) is 16.5 Å². The van der Waals surface area contributed by atoms with Crippen LogP contribution < -0.4 is 11.1 Å². The monoisotopic (exact) mass is 251 g/mol. The predicted molar refractivity (Wildman–Crippen MR) is 72.1 cm³/mol. The Bertz CT molecular complexity index is 391. The van der Waals surface area contributed by atoms with E-state index in [1.165, 1.54) is 19.4 Å². The van der Waals surface area contributed by atoms with Gasteiger partial charge in [0.25, 0.3) is 0 Å². The molecular weight excluding hydrogens is 234 g/mol. The van der Waals surface area contributed by atoms with E-state index in [1.54, 1.807) is 12.4 Å². The molecule has 3 N–H and O–H groups in total. The van der Waals surface area contributed by atoms with Gasteiger partial charge in [0.05, 0.1) is 12.4 Å². The molecule has 0 aliphatic carbocycles. The fourth-order valence-electron chi connectivity index (χ4n) is 2.01. The van der Waals surface area contributed by atoms with Crippen LogP contribution in [0.3, 0.4) is 0 Å². The smallest absolute Gasteiger partial charge is 0.144 e. The summed E-state index contributed by atoms with van der Waals surface area (Å²) in [5.41, 5.74) is 6.02. The molecule has 1 atom stereocenters. The highest BCUT2D eigenvalue weighted by atomic mass is 32.1. The molecule has 6 heteroatoms. The highest BCUT2D eigenvalue weighted by Crippen LogP contribution is 2.14. The highest BCUT2D eigenvalue weighted by molar-refractivity contribution is 7.80. The number of nitrogens with zero attached hydrogens (tertiary/aromatic N) is 3. The molecule has 0 aromatic carbocycles. The first-order valence-electron chi connectivity index (χ1n) is 5.73. The van der Waals surface area contributed by atoms with Crippen LogP contribution in [0.25, 0.3) is 0 Å². The molecule has 0 spiro atoms. The Labute approximate surface area is 106 Å². The van der Waals surface area contributed by atoms with E-state index in [2.05, 4.69) is 27.2 Å². The molecular formula is C11H17N5S. The first kappa shape index (κ1) is 12.2. The molecule has 1 aliphatic rings. The molecule has 0 amide bonds. The summed E-state index contributed by atoms with van der Waals surface area (Å²) in [6, 6.07) is 0.590. The molecule has 17 heavy (non-hydrogen) atoms. The molecule has 1 saturated heterocycles.